The lowest BCUT2D eigenvalue weighted by molar-refractivity contribution is -0.120. The minimum Gasteiger partial charge on any atom is -0.397 e. The average molecular weight is 884 g/mol. The highest BCUT2D eigenvalue weighted by Crippen LogP contribution is 2.41. The highest BCUT2D eigenvalue weighted by molar-refractivity contribution is 7.86. The van der Waals surface area contributed by atoms with E-state index >= 15 is 0 Å². The van der Waals surface area contributed by atoms with Gasteiger partial charge in [0.05, 0.1) is 39.6 Å². The Morgan fingerprint density at radius 2 is 1.36 bits per heavy atom. The third-order valence-corrected chi connectivity index (χ3v) is 11.0. The molecule has 6 rings (SSSR count). The van der Waals surface area contributed by atoms with Crippen molar-refractivity contribution in [2.24, 2.45) is 10.2 Å². The van der Waals surface area contributed by atoms with Gasteiger partial charge in [-0.05, 0) is 84.6 Å². The number of carbonyl (C=O) groups is 3. The fourth-order valence-electron chi connectivity index (χ4n) is 6.04. The number of unbranched alkanes of at least 4 members (excludes halogenated alkanes) is 2. The van der Waals surface area contributed by atoms with E-state index in [1.807, 2.05) is 24.1 Å². The van der Waals surface area contributed by atoms with Crippen molar-refractivity contribution in [3.63, 3.8) is 0 Å². The van der Waals surface area contributed by atoms with Gasteiger partial charge < -0.3 is 16.0 Å². The van der Waals surface area contributed by atoms with Crippen LogP contribution in [0.1, 0.15) is 57.5 Å². The van der Waals surface area contributed by atoms with Gasteiger partial charge in [0, 0.05) is 36.8 Å². The van der Waals surface area contributed by atoms with Crippen molar-refractivity contribution in [2.75, 3.05) is 35.0 Å². The van der Waals surface area contributed by atoms with E-state index in [1.54, 1.807) is 12.1 Å². The zero-order chi connectivity index (χ0) is 42.6. The van der Waals surface area contributed by atoms with Crippen LogP contribution >= 0.6 is 23.2 Å². The van der Waals surface area contributed by atoms with Gasteiger partial charge in [-0.15, -0.1) is 0 Å². The Labute approximate surface area is 346 Å². The molecule has 0 bridgehead atoms. The first kappa shape index (κ1) is 42.5. The number of carbonyl (C=O) groups excluding carboxylic acids is 3. The topological polar surface area (TPSA) is 289 Å². The average Bonchev–Trinajstić information content (AvgIpc) is 3.18. The Balaban J connectivity index is 1.11. The summed E-state index contributed by atoms with van der Waals surface area (Å²) in [5.74, 6) is -1.79. The Kier molecular flexibility index (Phi) is 12.5. The fraction of sp³-hybridized carbons (Fsp3) is 0.167. The molecule has 306 valence electrons. The number of nitrogens with zero attached hydrogens (tertiary/aromatic N) is 6. The van der Waals surface area contributed by atoms with Crippen LogP contribution in [0.15, 0.2) is 92.8 Å². The second-order valence-corrected chi connectivity index (χ2v) is 16.3. The molecule has 0 unspecified atom stereocenters. The molecule has 0 radical (unpaired) electrons. The molecule has 59 heavy (non-hydrogen) atoms. The van der Waals surface area contributed by atoms with E-state index in [9.17, 15) is 40.3 Å². The molecule has 1 aliphatic carbocycles. The van der Waals surface area contributed by atoms with Crippen LogP contribution in [0.2, 0.25) is 10.6 Å². The van der Waals surface area contributed by atoms with E-state index in [-0.39, 0.29) is 62.6 Å². The van der Waals surface area contributed by atoms with Gasteiger partial charge in [0.25, 0.3) is 20.2 Å². The van der Waals surface area contributed by atoms with E-state index in [2.05, 4.69) is 41.3 Å². The third-order valence-electron chi connectivity index (χ3n) is 8.85. The minimum absolute atomic E-state index is 0.00790. The van der Waals surface area contributed by atoms with Crippen LogP contribution < -0.4 is 26.8 Å². The molecule has 23 heteroatoms. The van der Waals surface area contributed by atoms with Crippen molar-refractivity contribution in [2.45, 2.75) is 35.5 Å². The Hall–Kier alpha value is -6.10. The fourth-order valence-corrected chi connectivity index (χ4v) is 7.72. The van der Waals surface area contributed by atoms with Crippen LogP contribution in [0.5, 0.6) is 0 Å². The molecule has 0 spiro atoms. The Morgan fingerprint density at radius 1 is 0.763 bits per heavy atom. The predicted octanol–water partition coefficient (Wildman–Crippen LogP) is 6.33. The zero-order valence-electron chi connectivity index (χ0n) is 30.5. The first-order chi connectivity index (χ1) is 27.9. The van der Waals surface area contributed by atoms with Crippen molar-refractivity contribution in [3.8, 4) is 0 Å². The van der Waals surface area contributed by atoms with E-state index in [4.69, 9.17) is 28.9 Å². The number of aromatic nitrogens is 3. The zero-order valence-corrected chi connectivity index (χ0v) is 33.7. The maximum Gasteiger partial charge on any atom is 0.296 e. The van der Waals surface area contributed by atoms with Gasteiger partial charge in [0.15, 0.2) is 11.6 Å². The summed E-state index contributed by atoms with van der Waals surface area (Å²) in [7, 11) is -8.15. The molecule has 19 nitrogen and oxygen atoms in total. The molecule has 0 saturated heterocycles. The van der Waals surface area contributed by atoms with Crippen LogP contribution in [0, 0.1) is 0 Å². The first-order valence-electron chi connectivity index (χ1n) is 17.3. The second-order valence-electron chi connectivity index (χ2n) is 12.9. The van der Waals surface area contributed by atoms with Crippen LogP contribution in [0.25, 0.3) is 0 Å². The van der Waals surface area contributed by atoms with Gasteiger partial charge in [-0.1, -0.05) is 30.7 Å². The second kappa shape index (κ2) is 17.4. The van der Waals surface area contributed by atoms with Gasteiger partial charge in [0.1, 0.15) is 9.79 Å². The molecule has 1 aromatic heterocycles. The molecular formula is C36H32Cl2N10O9S2. The standard InChI is InChI=1S/C36H32Cl2N10O9S2/c1-48(16-6-2-3-9-28(49)46-47-36-42-34(37)41-35(38)43-36)21-13-10-19(11-14-21)44-45-20-12-15-24(26(17-20)58(52,53)54)40-25-18-27(59(55,56)57)31(39)30-29(25)32(50)22-7-4-5-8-23(22)33(30)51/h4-5,7-8,10-15,17-18,40H,2-3,6,9,16,39H2,1H3,(H,46,49)(H,52,53,54)(H,55,56,57)(H,41,42,43,47)/b45-44+. The monoisotopic (exact) mass is 882 g/mol. The maximum absolute atomic E-state index is 13.7. The predicted molar refractivity (Wildman–Crippen MR) is 217 cm³/mol. The van der Waals surface area contributed by atoms with Crippen LogP contribution in [0.3, 0.4) is 0 Å². The molecule has 0 fully saturated rings. The minimum atomic E-state index is -5.06. The summed E-state index contributed by atoms with van der Waals surface area (Å²) in [5.41, 5.74) is 9.97. The number of hydrazine groups is 1. The quantitative estimate of drug-likeness (QED) is 0.0216. The van der Waals surface area contributed by atoms with Gasteiger partial charge in [-0.3, -0.25) is 34.3 Å². The summed E-state index contributed by atoms with van der Waals surface area (Å²) < 4.78 is 69.9. The highest BCUT2D eigenvalue weighted by atomic mass is 35.5. The van der Waals surface area contributed by atoms with Crippen molar-refractivity contribution < 1.29 is 40.3 Å². The molecule has 4 aromatic carbocycles. The number of hydrogen-bond donors (Lipinski definition) is 6. The first-order valence-corrected chi connectivity index (χ1v) is 20.9. The number of ketones is 2. The van der Waals surface area contributed by atoms with Crippen molar-refractivity contribution in [3.05, 3.63) is 106 Å². The molecule has 1 aliphatic rings. The van der Waals surface area contributed by atoms with Gasteiger partial charge in [-0.2, -0.15) is 42.0 Å². The lowest BCUT2D eigenvalue weighted by Gasteiger charge is -2.24. The summed E-state index contributed by atoms with van der Waals surface area (Å²) in [6, 6.07) is 17.0. The normalized spacial score (nSPS) is 12.6. The summed E-state index contributed by atoms with van der Waals surface area (Å²) >= 11 is 11.4. The van der Waals surface area contributed by atoms with E-state index in [1.165, 1.54) is 36.4 Å². The summed E-state index contributed by atoms with van der Waals surface area (Å²) in [6.45, 7) is 0.690. The van der Waals surface area contributed by atoms with Gasteiger partial charge in [-0.25, -0.2) is 0 Å². The van der Waals surface area contributed by atoms with Crippen LogP contribution in [0.4, 0.5) is 40.1 Å². The van der Waals surface area contributed by atoms with Gasteiger partial charge >= 0.3 is 0 Å². The third kappa shape index (κ3) is 9.96. The molecule has 0 atom stereocenters. The Morgan fingerprint density at radius 3 is 1.98 bits per heavy atom. The number of nitrogen functional groups attached to an aromatic ring is 1. The summed E-state index contributed by atoms with van der Waals surface area (Å²) in [6.07, 6.45) is 2.45. The van der Waals surface area contributed by atoms with E-state index < -0.39 is 52.8 Å². The van der Waals surface area contributed by atoms with Crippen LogP contribution in [-0.2, 0) is 25.0 Å². The smallest absolute Gasteiger partial charge is 0.296 e. The summed E-state index contributed by atoms with van der Waals surface area (Å²) in [4.78, 5) is 50.9. The maximum atomic E-state index is 13.7. The molecule has 5 aromatic rings. The molecule has 0 aliphatic heterocycles. The number of hydrogen-bond acceptors (Lipinski definition) is 16. The van der Waals surface area contributed by atoms with Crippen molar-refractivity contribution >= 4 is 101 Å². The number of rotatable bonds is 15. The molecule has 1 heterocycles. The molecule has 7 N–H and O–H groups in total. The van der Waals surface area contributed by atoms with Crippen LogP contribution in [-0.4, -0.2) is 72.0 Å². The molecular weight excluding hydrogens is 851 g/mol. The Bertz CT molecular complexity index is 2740. The number of fused-ring (bicyclic) bond motifs is 2. The molecule has 1 amide bonds. The SMILES string of the molecule is CN(CCCCCC(=O)NNc1nc(Cl)nc(Cl)n1)c1ccc(/N=N/c2ccc(Nc3cc(S(=O)(=O)O)c(N)c4c3C(=O)c3ccccc3C4=O)c(S(=O)(=O)O)c2)cc1. The number of halogens is 2. The number of amides is 1. The van der Waals surface area contributed by atoms with E-state index in [0.717, 1.165) is 30.7 Å². The number of anilines is 5. The summed E-state index contributed by atoms with van der Waals surface area (Å²) in [5, 5.41) is 10.6. The van der Waals surface area contributed by atoms with E-state index in [0.29, 0.717) is 18.7 Å². The highest BCUT2D eigenvalue weighted by Gasteiger charge is 2.37. The number of nitrogens with one attached hydrogen (secondary N) is 3. The lowest BCUT2D eigenvalue weighted by Crippen LogP contribution is -2.30. The number of azo groups is 1. The lowest BCUT2D eigenvalue weighted by atomic mass is 9.82. The van der Waals surface area contributed by atoms with Crippen molar-refractivity contribution in [1.29, 1.82) is 0 Å². The largest absolute Gasteiger partial charge is 0.397 e. The number of benzene rings is 4. The number of nitrogens with two attached hydrogens (primary N) is 1. The van der Waals surface area contributed by atoms with Crippen molar-refractivity contribution in [1.82, 2.24) is 20.4 Å². The van der Waals surface area contributed by atoms with Gasteiger partial charge in [0.2, 0.25) is 22.4 Å². The molecule has 0 saturated carbocycles.